The fourth-order valence-corrected chi connectivity index (χ4v) is 3.71. The van der Waals surface area contributed by atoms with Crippen LogP contribution in [-0.4, -0.2) is 36.4 Å². The van der Waals surface area contributed by atoms with Gasteiger partial charge in [-0.1, -0.05) is 50.2 Å². The number of carbonyl (C=O) groups is 2. The Bertz CT molecular complexity index is 840. The normalized spacial score (nSPS) is 14.7. The summed E-state index contributed by atoms with van der Waals surface area (Å²) in [5.41, 5.74) is 3.17. The van der Waals surface area contributed by atoms with E-state index in [1.165, 1.54) is 0 Å². The summed E-state index contributed by atoms with van der Waals surface area (Å²) in [5, 5.41) is 3.15. The number of carbonyl (C=O) groups excluding carboxylic acids is 2. The summed E-state index contributed by atoms with van der Waals surface area (Å²) in [7, 11) is 0. The Morgan fingerprint density at radius 1 is 1.07 bits per heavy atom. The minimum atomic E-state index is -0.0753. The van der Waals surface area contributed by atoms with E-state index in [0.29, 0.717) is 37.6 Å². The fourth-order valence-electron chi connectivity index (χ4n) is 3.71. The number of para-hydroxylation sites is 2. The molecule has 0 radical (unpaired) electrons. The largest absolute Gasteiger partial charge is 0.484 e. The summed E-state index contributed by atoms with van der Waals surface area (Å²) in [6.07, 6.45) is 1.34. The van der Waals surface area contributed by atoms with Gasteiger partial charge in [-0.25, -0.2) is 0 Å². The number of nitrogens with one attached hydrogen (secondary N) is 1. The second-order valence-corrected chi connectivity index (χ2v) is 7.94. The number of nitrogens with zero attached hydrogens (tertiary/aromatic N) is 1. The first-order valence-corrected chi connectivity index (χ1v) is 10.3. The van der Waals surface area contributed by atoms with Gasteiger partial charge in [-0.2, -0.15) is 0 Å². The Balaban J connectivity index is 1.52. The third-order valence-electron chi connectivity index (χ3n) is 5.50. The summed E-state index contributed by atoms with van der Waals surface area (Å²) in [6.45, 7) is 7.48. The molecule has 5 nitrogen and oxygen atoms in total. The van der Waals surface area contributed by atoms with Gasteiger partial charge in [-0.05, 0) is 48.9 Å². The Morgan fingerprint density at radius 3 is 2.41 bits per heavy atom. The van der Waals surface area contributed by atoms with Crippen molar-refractivity contribution in [2.45, 2.75) is 39.5 Å². The van der Waals surface area contributed by atoms with E-state index in [-0.39, 0.29) is 24.3 Å². The molecule has 1 fully saturated rings. The fraction of sp³-hybridized carbons (Fsp3) is 0.417. The molecule has 154 valence electrons. The van der Waals surface area contributed by atoms with Crippen molar-refractivity contribution in [2.75, 3.05) is 25.0 Å². The summed E-state index contributed by atoms with van der Waals surface area (Å²) in [4.78, 5) is 27.0. The molecular formula is C24H30N2O3. The van der Waals surface area contributed by atoms with E-state index in [2.05, 4.69) is 25.2 Å². The zero-order chi connectivity index (χ0) is 20.8. The van der Waals surface area contributed by atoms with Gasteiger partial charge in [0.05, 0.1) is 0 Å². The van der Waals surface area contributed by atoms with Crippen LogP contribution in [0, 0.1) is 12.8 Å². The van der Waals surface area contributed by atoms with E-state index in [4.69, 9.17) is 4.74 Å². The van der Waals surface area contributed by atoms with Crippen LogP contribution in [0.25, 0.3) is 0 Å². The summed E-state index contributed by atoms with van der Waals surface area (Å²) >= 11 is 0. The van der Waals surface area contributed by atoms with Gasteiger partial charge in [0, 0.05) is 24.7 Å². The molecule has 2 amide bonds. The van der Waals surface area contributed by atoms with Crippen molar-refractivity contribution in [3.05, 3.63) is 59.7 Å². The molecule has 0 spiro atoms. The molecule has 1 aliphatic rings. The molecule has 5 heteroatoms. The van der Waals surface area contributed by atoms with Gasteiger partial charge in [0.25, 0.3) is 5.91 Å². The number of rotatable bonds is 6. The lowest BCUT2D eigenvalue weighted by molar-refractivity contribution is -0.136. The molecule has 3 rings (SSSR count). The van der Waals surface area contributed by atoms with Crippen LogP contribution in [0.5, 0.6) is 5.75 Å². The molecule has 1 heterocycles. The second-order valence-electron chi connectivity index (χ2n) is 7.94. The van der Waals surface area contributed by atoms with Crippen LogP contribution < -0.4 is 10.1 Å². The van der Waals surface area contributed by atoms with Gasteiger partial charge in [0.1, 0.15) is 5.75 Å². The van der Waals surface area contributed by atoms with Crippen LogP contribution in [0.4, 0.5) is 5.69 Å². The molecule has 0 aliphatic carbocycles. The minimum Gasteiger partial charge on any atom is -0.484 e. The van der Waals surface area contributed by atoms with E-state index in [0.717, 1.165) is 16.8 Å². The zero-order valence-corrected chi connectivity index (χ0v) is 17.5. The monoisotopic (exact) mass is 394 g/mol. The lowest BCUT2D eigenvalue weighted by Crippen LogP contribution is -2.43. The summed E-state index contributed by atoms with van der Waals surface area (Å²) in [6, 6.07) is 15.5. The van der Waals surface area contributed by atoms with Gasteiger partial charge >= 0.3 is 0 Å². The lowest BCUT2D eigenvalue weighted by Gasteiger charge is -2.31. The lowest BCUT2D eigenvalue weighted by atomic mass is 9.94. The average molecular weight is 395 g/mol. The van der Waals surface area contributed by atoms with E-state index >= 15 is 0 Å². The van der Waals surface area contributed by atoms with Crippen LogP contribution in [-0.2, 0) is 9.59 Å². The number of anilines is 1. The Morgan fingerprint density at radius 2 is 1.76 bits per heavy atom. The number of aryl methyl sites for hydroxylation is 1. The Kier molecular flexibility index (Phi) is 6.91. The third kappa shape index (κ3) is 5.37. The van der Waals surface area contributed by atoms with Crippen molar-refractivity contribution < 1.29 is 14.3 Å². The van der Waals surface area contributed by atoms with Crippen molar-refractivity contribution in [3.63, 3.8) is 0 Å². The van der Waals surface area contributed by atoms with Crippen LogP contribution in [0.3, 0.4) is 0 Å². The van der Waals surface area contributed by atoms with Crippen LogP contribution >= 0.6 is 0 Å². The highest BCUT2D eigenvalue weighted by Gasteiger charge is 2.28. The third-order valence-corrected chi connectivity index (χ3v) is 5.50. The molecule has 1 saturated heterocycles. The predicted molar refractivity (Wildman–Crippen MR) is 115 cm³/mol. The Hall–Kier alpha value is -2.82. The van der Waals surface area contributed by atoms with Crippen LogP contribution in [0.2, 0.25) is 0 Å². The topological polar surface area (TPSA) is 58.6 Å². The number of piperidine rings is 1. The van der Waals surface area contributed by atoms with Crippen LogP contribution in [0.15, 0.2) is 48.5 Å². The number of amides is 2. The highest BCUT2D eigenvalue weighted by Crippen LogP contribution is 2.29. The standard InChI is InChI=1S/C24H30N2O3/c1-17(2)21-11-7-8-18(3)23(21)25-24(28)19-12-14-26(15-13-19)22(27)16-29-20-9-5-4-6-10-20/h4-11,17,19H,12-16H2,1-3H3,(H,25,28). The maximum Gasteiger partial charge on any atom is 0.260 e. The first-order valence-electron chi connectivity index (χ1n) is 10.3. The van der Waals surface area contributed by atoms with Crippen molar-refractivity contribution in [2.24, 2.45) is 5.92 Å². The van der Waals surface area contributed by atoms with Crippen LogP contribution in [0.1, 0.15) is 43.7 Å². The van der Waals surface area contributed by atoms with Crippen molar-refractivity contribution in [1.82, 2.24) is 4.90 Å². The number of ether oxygens (including phenoxy) is 1. The zero-order valence-electron chi connectivity index (χ0n) is 17.5. The van der Waals surface area contributed by atoms with Gasteiger partial charge in [0.2, 0.25) is 5.91 Å². The van der Waals surface area contributed by atoms with Gasteiger partial charge in [-0.15, -0.1) is 0 Å². The van der Waals surface area contributed by atoms with Gasteiger partial charge < -0.3 is 15.0 Å². The molecule has 1 aliphatic heterocycles. The molecule has 0 unspecified atom stereocenters. The second kappa shape index (κ2) is 9.59. The SMILES string of the molecule is Cc1cccc(C(C)C)c1NC(=O)C1CCN(C(=O)COc2ccccc2)CC1. The van der Waals surface area contributed by atoms with E-state index < -0.39 is 0 Å². The molecule has 0 bridgehead atoms. The van der Waals surface area contributed by atoms with E-state index in [1.807, 2.05) is 49.4 Å². The smallest absolute Gasteiger partial charge is 0.260 e. The minimum absolute atomic E-state index is 0.0296. The van der Waals surface area contributed by atoms with E-state index in [1.54, 1.807) is 4.90 Å². The number of benzene rings is 2. The molecular weight excluding hydrogens is 364 g/mol. The highest BCUT2D eigenvalue weighted by atomic mass is 16.5. The quantitative estimate of drug-likeness (QED) is 0.791. The molecule has 1 N–H and O–H groups in total. The van der Waals surface area contributed by atoms with Crippen molar-refractivity contribution >= 4 is 17.5 Å². The number of hydrogen-bond acceptors (Lipinski definition) is 3. The summed E-state index contributed by atoms with van der Waals surface area (Å²) < 4.78 is 5.55. The maximum atomic E-state index is 12.8. The molecule has 2 aromatic rings. The number of hydrogen-bond donors (Lipinski definition) is 1. The molecule has 2 aromatic carbocycles. The van der Waals surface area contributed by atoms with Gasteiger partial charge in [-0.3, -0.25) is 9.59 Å². The van der Waals surface area contributed by atoms with Gasteiger partial charge in [0.15, 0.2) is 6.61 Å². The predicted octanol–water partition coefficient (Wildman–Crippen LogP) is 4.37. The average Bonchev–Trinajstić information content (AvgIpc) is 2.74. The van der Waals surface area contributed by atoms with E-state index in [9.17, 15) is 9.59 Å². The first-order chi connectivity index (χ1) is 14.0. The molecule has 0 atom stereocenters. The number of likely N-dealkylation sites (tertiary alicyclic amines) is 1. The molecule has 0 aromatic heterocycles. The highest BCUT2D eigenvalue weighted by molar-refractivity contribution is 5.94. The molecule has 0 saturated carbocycles. The maximum absolute atomic E-state index is 12.8. The van der Waals surface area contributed by atoms with Crippen molar-refractivity contribution in [1.29, 1.82) is 0 Å². The van der Waals surface area contributed by atoms with Crippen molar-refractivity contribution in [3.8, 4) is 5.75 Å². The molecule has 29 heavy (non-hydrogen) atoms. The first kappa shape index (κ1) is 20.9. The Labute approximate surface area is 173 Å². The summed E-state index contributed by atoms with van der Waals surface area (Å²) in [5.74, 6) is 0.972.